The third-order valence-electron chi connectivity index (χ3n) is 6.22. The number of alkyl halides is 6. The molecule has 3 aromatic rings. The maximum Gasteiger partial charge on any atom is 0.416 e. The summed E-state index contributed by atoms with van der Waals surface area (Å²) in [5.74, 6) is -0.531. The van der Waals surface area contributed by atoms with Crippen molar-refractivity contribution >= 4 is 17.9 Å². The highest BCUT2D eigenvalue weighted by Gasteiger charge is 2.42. The summed E-state index contributed by atoms with van der Waals surface area (Å²) < 4.78 is 79.3. The molecule has 0 spiro atoms. The van der Waals surface area contributed by atoms with Crippen molar-refractivity contribution in [3.05, 3.63) is 118 Å². The van der Waals surface area contributed by atoms with Crippen LogP contribution in [0, 0.1) is 11.3 Å². The van der Waals surface area contributed by atoms with Gasteiger partial charge in [0.2, 0.25) is 0 Å². The Morgan fingerprint density at radius 2 is 1.16 bits per heavy atom. The molecule has 8 heteroatoms. The van der Waals surface area contributed by atoms with Crippen LogP contribution in [0.25, 0.3) is 12.2 Å². The van der Waals surface area contributed by atoms with Crippen LogP contribution in [0.1, 0.15) is 40.7 Å². The minimum absolute atomic E-state index is 0.0669. The second-order valence-corrected chi connectivity index (χ2v) is 8.83. The molecule has 0 atom stereocenters. The van der Waals surface area contributed by atoms with Crippen LogP contribution < -0.4 is 0 Å². The third kappa shape index (κ3) is 5.67. The van der Waals surface area contributed by atoms with Crippen LogP contribution in [-0.2, 0) is 22.6 Å². The van der Waals surface area contributed by atoms with E-state index in [1.807, 2.05) is 0 Å². The molecular weight excluding hydrogens is 492 g/mol. The van der Waals surface area contributed by atoms with E-state index in [1.54, 1.807) is 30.3 Å². The van der Waals surface area contributed by atoms with E-state index in [4.69, 9.17) is 0 Å². The lowest BCUT2D eigenvalue weighted by molar-refractivity contribution is -0.138. The highest BCUT2D eigenvalue weighted by Crippen LogP contribution is 2.44. The normalized spacial score (nSPS) is 20.7. The van der Waals surface area contributed by atoms with E-state index in [0.717, 1.165) is 24.3 Å². The number of halogens is 6. The fourth-order valence-corrected chi connectivity index (χ4v) is 4.43. The van der Waals surface area contributed by atoms with Gasteiger partial charge in [-0.3, -0.25) is 4.79 Å². The van der Waals surface area contributed by atoms with Gasteiger partial charge in [-0.2, -0.15) is 31.6 Å². The first-order valence-electron chi connectivity index (χ1n) is 11.2. The molecule has 0 heterocycles. The lowest BCUT2D eigenvalue weighted by Crippen LogP contribution is -2.33. The predicted octanol–water partition coefficient (Wildman–Crippen LogP) is 8.02. The molecule has 1 aliphatic rings. The van der Waals surface area contributed by atoms with Crippen LogP contribution >= 0.6 is 0 Å². The lowest BCUT2D eigenvalue weighted by Gasteiger charge is -2.33. The number of nitriles is 1. The first-order chi connectivity index (χ1) is 17.4. The van der Waals surface area contributed by atoms with E-state index >= 15 is 0 Å². The minimum Gasteiger partial charge on any atom is -0.289 e. The van der Waals surface area contributed by atoms with Crippen LogP contribution in [0.4, 0.5) is 26.3 Å². The van der Waals surface area contributed by atoms with E-state index < -0.39 is 34.7 Å². The van der Waals surface area contributed by atoms with E-state index in [0.29, 0.717) is 5.56 Å². The molecule has 1 aliphatic carbocycles. The van der Waals surface area contributed by atoms with Gasteiger partial charge in [-0.25, -0.2) is 0 Å². The van der Waals surface area contributed by atoms with Gasteiger partial charge in [0.1, 0.15) is 0 Å². The number of ketones is 1. The van der Waals surface area contributed by atoms with Crippen LogP contribution in [0.15, 0.2) is 90.0 Å². The molecule has 1 saturated carbocycles. The molecule has 0 amide bonds. The van der Waals surface area contributed by atoms with Crippen molar-refractivity contribution in [2.45, 2.75) is 30.6 Å². The van der Waals surface area contributed by atoms with Gasteiger partial charge in [0.05, 0.1) is 22.6 Å². The summed E-state index contributed by atoms with van der Waals surface area (Å²) in [5, 5.41) is 10.2. The van der Waals surface area contributed by atoms with Crippen molar-refractivity contribution in [3.63, 3.8) is 0 Å². The van der Waals surface area contributed by atoms with Gasteiger partial charge in [-0.05, 0) is 65.9 Å². The number of hydrogen-bond donors (Lipinski definition) is 0. The zero-order valence-electron chi connectivity index (χ0n) is 19.2. The molecule has 37 heavy (non-hydrogen) atoms. The van der Waals surface area contributed by atoms with E-state index in [2.05, 4.69) is 6.07 Å². The summed E-state index contributed by atoms with van der Waals surface area (Å²) >= 11 is 0. The highest BCUT2D eigenvalue weighted by atomic mass is 19.4. The first-order valence-corrected chi connectivity index (χ1v) is 11.2. The summed E-state index contributed by atoms with van der Waals surface area (Å²) in [4.78, 5) is 13.4. The number of carbonyl (C=O) groups is 1. The molecule has 0 saturated heterocycles. The molecule has 3 aromatic carbocycles. The quantitative estimate of drug-likeness (QED) is 0.264. The molecule has 0 bridgehead atoms. The maximum atomic E-state index is 13.4. The maximum absolute atomic E-state index is 13.4. The summed E-state index contributed by atoms with van der Waals surface area (Å²) in [6.07, 6.45) is -6.68. The van der Waals surface area contributed by atoms with Crippen LogP contribution in [0.3, 0.4) is 0 Å². The number of nitrogens with zero attached hydrogens (tertiary/aromatic N) is 1. The second kappa shape index (κ2) is 9.74. The summed E-state index contributed by atoms with van der Waals surface area (Å²) in [6, 6.07) is 19.8. The monoisotopic (exact) mass is 511 g/mol. The lowest BCUT2D eigenvalue weighted by atomic mass is 9.66. The van der Waals surface area contributed by atoms with Crippen LogP contribution in [0.5, 0.6) is 0 Å². The molecule has 4 rings (SSSR count). The van der Waals surface area contributed by atoms with Crippen molar-refractivity contribution in [3.8, 4) is 6.07 Å². The second-order valence-electron chi connectivity index (χ2n) is 8.83. The van der Waals surface area contributed by atoms with Gasteiger partial charge >= 0.3 is 12.4 Å². The molecule has 2 nitrogen and oxygen atoms in total. The Balaban J connectivity index is 1.85. The molecule has 0 radical (unpaired) electrons. The number of Topliss-reactive ketones (excluding diaryl/α,β-unsaturated/α-hetero) is 1. The number of hydrogen-bond acceptors (Lipinski definition) is 2. The van der Waals surface area contributed by atoms with Gasteiger partial charge < -0.3 is 0 Å². The fraction of sp³-hybridized carbons (Fsp3) is 0.172. The molecule has 1 fully saturated rings. The number of allylic oxidation sites excluding steroid dienone is 2. The van der Waals surface area contributed by atoms with E-state index in [9.17, 15) is 36.4 Å². The average Bonchev–Trinajstić information content (AvgIpc) is 2.86. The first kappa shape index (κ1) is 26.0. The Kier molecular flexibility index (Phi) is 6.83. The Labute approximate surface area is 209 Å². The van der Waals surface area contributed by atoms with Crippen molar-refractivity contribution in [1.82, 2.24) is 0 Å². The van der Waals surface area contributed by atoms with Gasteiger partial charge in [-0.1, -0.05) is 54.6 Å². The molecular formula is C29H19F6NO. The molecule has 0 aliphatic heterocycles. The molecule has 0 unspecified atom stereocenters. The van der Waals surface area contributed by atoms with Crippen molar-refractivity contribution in [2.24, 2.45) is 0 Å². The van der Waals surface area contributed by atoms with Gasteiger partial charge in [0, 0.05) is 11.1 Å². The van der Waals surface area contributed by atoms with Gasteiger partial charge in [0.15, 0.2) is 5.78 Å². The van der Waals surface area contributed by atoms with E-state index in [-0.39, 0.29) is 35.1 Å². The average molecular weight is 511 g/mol. The van der Waals surface area contributed by atoms with E-state index in [1.165, 1.54) is 36.4 Å². The van der Waals surface area contributed by atoms with Crippen molar-refractivity contribution in [1.29, 1.82) is 5.26 Å². The Hall–Kier alpha value is -4.12. The van der Waals surface area contributed by atoms with Crippen molar-refractivity contribution < 1.29 is 31.1 Å². The Morgan fingerprint density at radius 3 is 1.57 bits per heavy atom. The third-order valence-corrected chi connectivity index (χ3v) is 6.22. The fourth-order valence-electron chi connectivity index (χ4n) is 4.43. The molecule has 188 valence electrons. The summed E-state index contributed by atoms with van der Waals surface area (Å²) in [6.45, 7) is 0. The van der Waals surface area contributed by atoms with Gasteiger partial charge in [-0.15, -0.1) is 0 Å². The summed E-state index contributed by atoms with van der Waals surface area (Å²) in [7, 11) is 0. The highest BCUT2D eigenvalue weighted by molar-refractivity contribution is 6.14. The molecule has 0 N–H and O–H groups in total. The largest absolute Gasteiger partial charge is 0.416 e. The molecule has 0 aromatic heterocycles. The minimum atomic E-state index is -4.58. The standard InChI is InChI=1S/C29H19F6NO/c30-28(31,32)24-10-4-6-19(14-24)12-21-16-27(18-36,23-8-2-1-3-9-23)17-22(26(21)37)13-20-7-5-11-25(15-20)29(33,34)35/h1-15H,16-17H2. The zero-order chi connectivity index (χ0) is 26.8. The topological polar surface area (TPSA) is 40.9 Å². The zero-order valence-corrected chi connectivity index (χ0v) is 19.2. The van der Waals surface area contributed by atoms with Crippen molar-refractivity contribution in [2.75, 3.05) is 0 Å². The Bertz CT molecular complexity index is 1350. The Morgan fingerprint density at radius 1 is 0.703 bits per heavy atom. The SMILES string of the molecule is N#CC1(c2ccccc2)CC(=Cc2cccc(C(F)(F)F)c2)C(=O)C(=Cc2cccc(C(F)(F)F)c2)C1. The van der Waals surface area contributed by atoms with Crippen LogP contribution in [-0.4, -0.2) is 5.78 Å². The summed E-state index contributed by atoms with van der Waals surface area (Å²) in [5.41, 5.74) is -2.00. The van der Waals surface area contributed by atoms with Gasteiger partial charge in [0.25, 0.3) is 0 Å². The number of carbonyl (C=O) groups excluding carboxylic acids is 1. The number of benzene rings is 3. The van der Waals surface area contributed by atoms with Crippen LogP contribution in [0.2, 0.25) is 0 Å². The number of rotatable bonds is 3. The smallest absolute Gasteiger partial charge is 0.289 e. The predicted molar refractivity (Wildman–Crippen MR) is 127 cm³/mol.